The number of likely N-dealkylation sites (tertiary alicyclic amines) is 1. The van der Waals surface area contributed by atoms with Crippen LogP contribution in [0.1, 0.15) is 49.4 Å². The molecule has 12 nitrogen and oxygen atoms in total. The highest BCUT2D eigenvalue weighted by Gasteiger charge is 2.63. The number of halogens is 3. The maximum absolute atomic E-state index is 15.7. The molecule has 0 radical (unpaired) electrons. The second kappa shape index (κ2) is 13.0. The number of carboxylic acids is 1. The number of esters is 1. The molecule has 260 valence electrons. The summed E-state index contributed by atoms with van der Waals surface area (Å²) in [6.07, 6.45) is 3.43. The monoisotopic (exact) mass is 699 g/mol. The molecule has 2 saturated heterocycles. The first-order valence-electron chi connectivity index (χ1n) is 15.8. The van der Waals surface area contributed by atoms with Crippen LogP contribution in [-0.2, 0) is 25.7 Å². The molecule has 1 aromatic carbocycles. The zero-order chi connectivity index (χ0) is 35.2. The van der Waals surface area contributed by atoms with Crippen LogP contribution in [0.15, 0.2) is 58.3 Å². The number of anilines is 1. The number of thiazole rings is 1. The van der Waals surface area contributed by atoms with Gasteiger partial charge < -0.3 is 15.2 Å². The largest absolute Gasteiger partial charge is 0.481 e. The molecule has 6 rings (SSSR count). The summed E-state index contributed by atoms with van der Waals surface area (Å²) in [5.41, 5.74) is -0.0405. The lowest BCUT2D eigenvalue weighted by Gasteiger charge is -2.31. The predicted molar refractivity (Wildman–Crippen MR) is 174 cm³/mol. The Hall–Kier alpha value is -4.57. The summed E-state index contributed by atoms with van der Waals surface area (Å²) in [4.78, 5) is 50.5. The number of nitrogens with zero attached hydrogens (tertiary/aromatic N) is 6. The van der Waals surface area contributed by atoms with Crippen LogP contribution in [0.3, 0.4) is 0 Å². The molecule has 16 heteroatoms. The molecule has 0 bridgehead atoms. The summed E-state index contributed by atoms with van der Waals surface area (Å²) >= 11 is 1.28. The van der Waals surface area contributed by atoms with Crippen LogP contribution >= 0.6 is 11.3 Å². The van der Waals surface area contributed by atoms with Gasteiger partial charge in [-0.2, -0.15) is 5.10 Å². The van der Waals surface area contributed by atoms with E-state index in [1.807, 2.05) is 0 Å². The number of amidine groups is 1. The molecular weight excluding hydrogens is 663 g/mol. The van der Waals surface area contributed by atoms with Crippen molar-refractivity contribution in [1.29, 1.82) is 0 Å². The van der Waals surface area contributed by atoms with Crippen molar-refractivity contribution in [2.75, 3.05) is 31.1 Å². The summed E-state index contributed by atoms with van der Waals surface area (Å²) < 4.78 is 53.2. The Bertz CT molecular complexity index is 1840. The lowest BCUT2D eigenvalue weighted by molar-refractivity contribution is -0.147. The number of aromatic nitrogens is 3. The fourth-order valence-corrected chi connectivity index (χ4v) is 7.04. The first-order chi connectivity index (χ1) is 23.2. The van der Waals surface area contributed by atoms with Crippen molar-refractivity contribution in [2.45, 2.75) is 58.7 Å². The van der Waals surface area contributed by atoms with Crippen molar-refractivity contribution in [2.24, 2.45) is 16.3 Å². The molecular formula is C33H36F3N7O5S. The van der Waals surface area contributed by atoms with Gasteiger partial charge in [-0.25, -0.2) is 22.9 Å². The van der Waals surface area contributed by atoms with Gasteiger partial charge in [0.05, 0.1) is 24.1 Å². The summed E-state index contributed by atoms with van der Waals surface area (Å²) in [6.45, 7) is 5.67. The average Bonchev–Trinajstić information content (AvgIpc) is 3.84. The van der Waals surface area contributed by atoms with Crippen LogP contribution in [0.25, 0.3) is 0 Å². The second-order valence-corrected chi connectivity index (χ2v) is 13.8. The van der Waals surface area contributed by atoms with E-state index < -0.39 is 59.5 Å². The lowest BCUT2D eigenvalue weighted by Crippen LogP contribution is -2.43. The standard InChI is InChI=1S/C33H36F3N7O5S/c1-5-48-30(45)24-21(38-27(28-37-11-14-49-28)39-26(24)19-7-6-8-20(34)18(19)2)15-41-17-33(35,36)25-22(41)16-43(29(25)44)23-9-12-42(40-23)13-10-32(3,4)31(46)47/h6-9,11-12,14,22,25-26H,5,10,13,15-17H2,1-4H3,(H,38,39)(H,46,47)/t22-,25-,26-/m0/s1. The summed E-state index contributed by atoms with van der Waals surface area (Å²) in [7, 11) is 0. The molecule has 49 heavy (non-hydrogen) atoms. The molecule has 0 spiro atoms. The first-order valence-corrected chi connectivity index (χ1v) is 16.7. The highest BCUT2D eigenvalue weighted by atomic mass is 32.1. The number of fused-ring (bicyclic) bond motifs is 1. The summed E-state index contributed by atoms with van der Waals surface area (Å²) in [5, 5.41) is 19.2. The third-order valence-corrected chi connectivity index (χ3v) is 10.1. The number of aryl methyl sites for hydroxylation is 1. The van der Waals surface area contributed by atoms with Crippen molar-refractivity contribution >= 4 is 40.8 Å². The molecule has 0 aliphatic carbocycles. The molecule has 0 unspecified atom stereocenters. The van der Waals surface area contributed by atoms with Gasteiger partial charge in [0.1, 0.15) is 17.8 Å². The number of ether oxygens (including phenoxy) is 1. The van der Waals surface area contributed by atoms with Crippen molar-refractivity contribution in [3.63, 3.8) is 0 Å². The van der Waals surface area contributed by atoms with Gasteiger partial charge in [0.2, 0.25) is 5.91 Å². The van der Waals surface area contributed by atoms with Gasteiger partial charge in [-0.15, -0.1) is 11.3 Å². The number of carbonyl (C=O) groups is 3. The van der Waals surface area contributed by atoms with Crippen LogP contribution < -0.4 is 10.2 Å². The zero-order valence-corrected chi connectivity index (χ0v) is 28.1. The van der Waals surface area contributed by atoms with Crippen LogP contribution in [0, 0.1) is 24.1 Å². The SMILES string of the molecule is CCOC(=O)C1=C(CN2CC(F)(F)[C@@H]3C(=O)N(c4ccn(CCC(C)(C)C(=O)O)n4)C[C@@H]32)NC(c2nccs2)=N[C@H]1c1cccc(F)c1C. The highest BCUT2D eigenvalue weighted by Crippen LogP contribution is 2.45. The quantitative estimate of drug-likeness (QED) is 0.282. The van der Waals surface area contributed by atoms with Gasteiger partial charge in [-0.1, -0.05) is 12.1 Å². The van der Waals surface area contributed by atoms with Crippen molar-refractivity contribution in [1.82, 2.24) is 25.0 Å². The van der Waals surface area contributed by atoms with Crippen LogP contribution in [-0.4, -0.2) is 86.7 Å². The van der Waals surface area contributed by atoms with E-state index in [0.717, 1.165) is 0 Å². The smallest absolute Gasteiger partial charge is 0.338 e. The highest BCUT2D eigenvalue weighted by molar-refractivity contribution is 7.11. The van der Waals surface area contributed by atoms with Crippen molar-refractivity contribution in [3.8, 4) is 0 Å². The molecule has 2 fully saturated rings. The van der Waals surface area contributed by atoms with Crippen LogP contribution in [0.5, 0.6) is 0 Å². The number of carbonyl (C=O) groups excluding carboxylic acids is 2. The molecule has 0 saturated carbocycles. The number of hydrogen-bond donors (Lipinski definition) is 2. The Morgan fingerprint density at radius 3 is 2.71 bits per heavy atom. The minimum absolute atomic E-state index is 0.0317. The minimum Gasteiger partial charge on any atom is -0.481 e. The van der Waals surface area contributed by atoms with Crippen LogP contribution in [0.2, 0.25) is 0 Å². The third kappa shape index (κ3) is 6.46. The Morgan fingerprint density at radius 2 is 2.02 bits per heavy atom. The van der Waals surface area contributed by atoms with E-state index in [0.29, 0.717) is 10.6 Å². The predicted octanol–water partition coefficient (Wildman–Crippen LogP) is 4.18. The van der Waals surface area contributed by atoms with Gasteiger partial charge in [-0.05, 0) is 51.3 Å². The third-order valence-electron chi connectivity index (χ3n) is 9.29. The molecule has 3 aliphatic rings. The molecule has 2 aromatic heterocycles. The van der Waals surface area contributed by atoms with Gasteiger partial charge >= 0.3 is 11.9 Å². The fraction of sp³-hybridized carbons (Fsp3) is 0.455. The Kier molecular flexibility index (Phi) is 9.13. The van der Waals surface area contributed by atoms with E-state index in [1.54, 1.807) is 57.6 Å². The van der Waals surface area contributed by atoms with Crippen molar-refractivity contribution < 1.29 is 37.4 Å². The maximum Gasteiger partial charge on any atom is 0.338 e. The molecule has 3 aromatic rings. The number of hydrogen-bond acceptors (Lipinski definition) is 10. The van der Waals surface area contributed by atoms with E-state index in [1.165, 1.54) is 38.0 Å². The number of aliphatic carboxylic acids is 1. The van der Waals surface area contributed by atoms with Gasteiger partial charge in [0.25, 0.3) is 5.92 Å². The van der Waals surface area contributed by atoms with E-state index in [2.05, 4.69) is 15.4 Å². The number of rotatable bonds is 11. The van der Waals surface area contributed by atoms with E-state index >= 15 is 8.78 Å². The molecule has 1 amide bonds. The summed E-state index contributed by atoms with van der Waals surface area (Å²) in [5.74, 6) is -7.54. The Labute approximate surface area is 284 Å². The topological polar surface area (TPSA) is 142 Å². The van der Waals surface area contributed by atoms with Gasteiger partial charge in [0, 0.05) is 55.2 Å². The fourth-order valence-electron chi connectivity index (χ4n) is 6.46. The number of aliphatic imine (C=N–C) groups is 1. The normalized spacial score (nSPS) is 22.3. The maximum atomic E-state index is 15.7. The van der Waals surface area contributed by atoms with Crippen molar-refractivity contribution in [3.05, 3.63) is 75.3 Å². The first kappa shape index (κ1) is 34.3. The van der Waals surface area contributed by atoms with E-state index in [4.69, 9.17) is 9.73 Å². The lowest BCUT2D eigenvalue weighted by atomic mass is 9.90. The number of carboxylic acid groups (broad SMARTS) is 1. The second-order valence-electron chi connectivity index (χ2n) is 12.9. The van der Waals surface area contributed by atoms with Gasteiger partial charge in [0.15, 0.2) is 16.7 Å². The Balaban J connectivity index is 1.33. The average molecular weight is 700 g/mol. The molecule has 2 N–H and O–H groups in total. The number of nitrogens with one attached hydrogen (secondary N) is 1. The number of alkyl halides is 2. The number of amides is 1. The molecule has 3 atom stereocenters. The molecule has 5 heterocycles. The minimum atomic E-state index is -3.39. The van der Waals surface area contributed by atoms with Gasteiger partial charge in [-0.3, -0.25) is 29.1 Å². The zero-order valence-electron chi connectivity index (χ0n) is 27.3. The summed E-state index contributed by atoms with van der Waals surface area (Å²) in [6, 6.07) is 4.05. The van der Waals surface area contributed by atoms with E-state index in [9.17, 15) is 23.9 Å². The molecule has 3 aliphatic heterocycles. The van der Waals surface area contributed by atoms with E-state index in [-0.39, 0.29) is 61.1 Å². The number of benzene rings is 1. The van der Waals surface area contributed by atoms with Crippen LogP contribution in [0.4, 0.5) is 19.0 Å². The Morgan fingerprint density at radius 1 is 1.24 bits per heavy atom.